The molecule has 0 amide bonds. The molecular formula is C12H18O2. The average Bonchev–Trinajstić information content (AvgIpc) is 2.16. The molecule has 0 radical (unpaired) electrons. The lowest BCUT2D eigenvalue weighted by atomic mass is 9.80. The Morgan fingerprint density at radius 2 is 2.29 bits per heavy atom. The molecule has 2 nitrogen and oxygen atoms in total. The highest BCUT2D eigenvalue weighted by Gasteiger charge is 2.23. The molecule has 1 atom stereocenters. The van der Waals surface area contributed by atoms with E-state index in [4.69, 9.17) is 5.11 Å². The monoisotopic (exact) mass is 194 g/mol. The lowest BCUT2D eigenvalue weighted by molar-refractivity contribution is -0.133. The Morgan fingerprint density at radius 1 is 1.64 bits per heavy atom. The van der Waals surface area contributed by atoms with Gasteiger partial charge in [-0.2, -0.15) is 0 Å². The summed E-state index contributed by atoms with van der Waals surface area (Å²) in [6, 6.07) is 0. The van der Waals surface area contributed by atoms with Crippen LogP contribution < -0.4 is 0 Å². The molecule has 0 fully saturated rings. The zero-order chi connectivity index (χ0) is 10.7. The smallest absolute Gasteiger partial charge is 0.331 e. The maximum Gasteiger partial charge on any atom is 0.331 e. The highest BCUT2D eigenvalue weighted by atomic mass is 16.4. The molecule has 2 heteroatoms. The van der Waals surface area contributed by atoms with Crippen molar-refractivity contribution in [2.24, 2.45) is 5.92 Å². The second-order valence-electron chi connectivity index (χ2n) is 4.03. The van der Waals surface area contributed by atoms with E-state index in [9.17, 15) is 4.79 Å². The van der Waals surface area contributed by atoms with Crippen LogP contribution in [0.5, 0.6) is 0 Å². The SMILES string of the molecule is C=C(C)C1CCC(C(=O)O)=C(CC)C1. The molecule has 78 valence electrons. The average molecular weight is 194 g/mol. The Kier molecular flexibility index (Phi) is 3.50. The van der Waals surface area contributed by atoms with Gasteiger partial charge in [0.2, 0.25) is 0 Å². The first kappa shape index (κ1) is 11.0. The fourth-order valence-corrected chi connectivity index (χ4v) is 2.05. The fourth-order valence-electron chi connectivity index (χ4n) is 2.05. The van der Waals surface area contributed by atoms with Gasteiger partial charge in [0.1, 0.15) is 0 Å². The molecule has 1 aliphatic carbocycles. The van der Waals surface area contributed by atoms with Crippen LogP contribution in [0.15, 0.2) is 23.3 Å². The summed E-state index contributed by atoms with van der Waals surface area (Å²) in [4.78, 5) is 10.9. The number of carbonyl (C=O) groups is 1. The highest BCUT2D eigenvalue weighted by Crippen LogP contribution is 2.34. The summed E-state index contributed by atoms with van der Waals surface area (Å²) in [5, 5.41) is 8.98. The van der Waals surface area contributed by atoms with Crippen molar-refractivity contribution in [3.63, 3.8) is 0 Å². The third-order valence-electron chi connectivity index (χ3n) is 3.04. The molecule has 0 aromatic rings. The molecule has 1 unspecified atom stereocenters. The van der Waals surface area contributed by atoms with Gasteiger partial charge >= 0.3 is 5.97 Å². The first-order valence-corrected chi connectivity index (χ1v) is 5.15. The minimum absolute atomic E-state index is 0.494. The quantitative estimate of drug-likeness (QED) is 0.701. The Labute approximate surface area is 85.3 Å². The van der Waals surface area contributed by atoms with E-state index in [1.165, 1.54) is 5.57 Å². The van der Waals surface area contributed by atoms with Gasteiger partial charge in [0.15, 0.2) is 0 Å². The number of hydrogen-bond donors (Lipinski definition) is 1. The van der Waals surface area contributed by atoms with Gasteiger partial charge in [0, 0.05) is 5.57 Å². The predicted molar refractivity (Wildman–Crippen MR) is 57.1 cm³/mol. The largest absolute Gasteiger partial charge is 0.478 e. The summed E-state index contributed by atoms with van der Waals surface area (Å²) >= 11 is 0. The number of aliphatic carboxylic acids is 1. The number of hydrogen-bond acceptors (Lipinski definition) is 1. The summed E-state index contributed by atoms with van der Waals surface area (Å²) in [5.74, 6) is -0.241. The van der Waals surface area contributed by atoms with Gasteiger partial charge in [0.05, 0.1) is 0 Å². The van der Waals surface area contributed by atoms with Crippen molar-refractivity contribution in [2.45, 2.75) is 39.5 Å². The van der Waals surface area contributed by atoms with Crippen LogP contribution >= 0.6 is 0 Å². The van der Waals surface area contributed by atoms with Crippen LogP contribution in [0.2, 0.25) is 0 Å². The van der Waals surface area contributed by atoms with Crippen LogP contribution in [0.3, 0.4) is 0 Å². The Hall–Kier alpha value is -1.05. The van der Waals surface area contributed by atoms with Gasteiger partial charge < -0.3 is 5.11 Å². The van der Waals surface area contributed by atoms with Crippen LogP contribution in [0, 0.1) is 5.92 Å². The van der Waals surface area contributed by atoms with Crippen molar-refractivity contribution in [3.05, 3.63) is 23.3 Å². The Bertz CT molecular complexity index is 287. The van der Waals surface area contributed by atoms with Crippen LogP contribution in [-0.4, -0.2) is 11.1 Å². The van der Waals surface area contributed by atoms with Gasteiger partial charge in [-0.3, -0.25) is 0 Å². The zero-order valence-electron chi connectivity index (χ0n) is 8.97. The summed E-state index contributed by atoms with van der Waals surface area (Å²) in [5.41, 5.74) is 2.93. The van der Waals surface area contributed by atoms with Crippen molar-refractivity contribution in [1.29, 1.82) is 0 Å². The Balaban J connectivity index is 2.85. The molecule has 0 aromatic heterocycles. The lowest BCUT2D eigenvalue weighted by Gasteiger charge is -2.25. The standard InChI is InChI=1S/C12H18O2/c1-4-9-7-10(8(2)3)5-6-11(9)12(13)14/h10H,2,4-7H2,1,3H3,(H,13,14). The second kappa shape index (κ2) is 4.45. The van der Waals surface area contributed by atoms with Crippen molar-refractivity contribution < 1.29 is 9.90 Å². The molecule has 0 aliphatic heterocycles. The summed E-state index contributed by atoms with van der Waals surface area (Å²) in [6.45, 7) is 8.01. The van der Waals surface area contributed by atoms with Gasteiger partial charge in [-0.1, -0.05) is 24.6 Å². The van der Waals surface area contributed by atoms with Gasteiger partial charge in [-0.15, -0.1) is 0 Å². The van der Waals surface area contributed by atoms with E-state index in [1.807, 2.05) is 13.8 Å². The van der Waals surface area contributed by atoms with E-state index >= 15 is 0 Å². The van der Waals surface area contributed by atoms with E-state index in [1.54, 1.807) is 0 Å². The zero-order valence-corrected chi connectivity index (χ0v) is 8.97. The molecule has 0 heterocycles. The number of rotatable bonds is 3. The maximum absolute atomic E-state index is 10.9. The lowest BCUT2D eigenvalue weighted by Crippen LogP contribution is -2.15. The molecular weight excluding hydrogens is 176 g/mol. The molecule has 1 N–H and O–H groups in total. The van der Waals surface area contributed by atoms with Crippen LogP contribution in [0.4, 0.5) is 0 Å². The Morgan fingerprint density at radius 3 is 2.71 bits per heavy atom. The molecule has 0 spiro atoms. The minimum atomic E-state index is -0.734. The number of carboxylic acid groups (broad SMARTS) is 1. The van der Waals surface area contributed by atoms with E-state index in [0.717, 1.165) is 24.8 Å². The highest BCUT2D eigenvalue weighted by molar-refractivity contribution is 5.87. The summed E-state index contributed by atoms with van der Waals surface area (Å²) in [6.07, 6.45) is 3.40. The third kappa shape index (κ3) is 2.25. The summed E-state index contributed by atoms with van der Waals surface area (Å²) < 4.78 is 0. The van der Waals surface area contributed by atoms with Crippen molar-refractivity contribution in [3.8, 4) is 0 Å². The first-order chi connectivity index (χ1) is 6.56. The van der Waals surface area contributed by atoms with Crippen LogP contribution in [-0.2, 0) is 4.79 Å². The van der Waals surface area contributed by atoms with Crippen LogP contribution in [0.1, 0.15) is 39.5 Å². The van der Waals surface area contributed by atoms with Gasteiger partial charge in [-0.05, 0) is 38.5 Å². The minimum Gasteiger partial charge on any atom is -0.478 e. The number of carboxylic acids is 1. The molecule has 0 saturated heterocycles. The predicted octanol–water partition coefficient (Wildman–Crippen LogP) is 3.15. The normalized spacial score (nSPS) is 22.3. The molecule has 0 saturated carbocycles. The molecule has 0 aromatic carbocycles. The van der Waals surface area contributed by atoms with Gasteiger partial charge in [0.25, 0.3) is 0 Å². The van der Waals surface area contributed by atoms with Gasteiger partial charge in [-0.25, -0.2) is 4.79 Å². The molecule has 0 bridgehead atoms. The van der Waals surface area contributed by atoms with E-state index in [2.05, 4.69) is 6.58 Å². The van der Waals surface area contributed by atoms with Crippen molar-refractivity contribution in [1.82, 2.24) is 0 Å². The van der Waals surface area contributed by atoms with E-state index < -0.39 is 5.97 Å². The van der Waals surface area contributed by atoms with E-state index in [-0.39, 0.29) is 0 Å². The molecule has 14 heavy (non-hydrogen) atoms. The topological polar surface area (TPSA) is 37.3 Å². The van der Waals surface area contributed by atoms with E-state index in [0.29, 0.717) is 17.9 Å². The molecule has 1 aliphatic rings. The number of allylic oxidation sites excluding steroid dienone is 2. The summed E-state index contributed by atoms with van der Waals surface area (Å²) in [7, 11) is 0. The third-order valence-corrected chi connectivity index (χ3v) is 3.04. The first-order valence-electron chi connectivity index (χ1n) is 5.15. The van der Waals surface area contributed by atoms with Crippen molar-refractivity contribution >= 4 is 5.97 Å². The second-order valence-corrected chi connectivity index (χ2v) is 4.03. The molecule has 1 rings (SSSR count). The van der Waals surface area contributed by atoms with Crippen molar-refractivity contribution in [2.75, 3.05) is 0 Å². The van der Waals surface area contributed by atoms with Crippen LogP contribution in [0.25, 0.3) is 0 Å². The maximum atomic E-state index is 10.9. The fraction of sp³-hybridized carbons (Fsp3) is 0.583.